The van der Waals surface area contributed by atoms with E-state index < -0.39 is 34.4 Å². The second-order valence-corrected chi connectivity index (χ2v) is 12.8. The highest BCUT2D eigenvalue weighted by atomic mass is 35.5. The second-order valence-electron chi connectivity index (χ2n) is 10.2. The summed E-state index contributed by atoms with van der Waals surface area (Å²) in [6.45, 7) is 6.82. The molecule has 3 aromatic rings. The largest absolute Gasteiger partial charge is 0.494 e. The molecule has 2 amide bonds. The van der Waals surface area contributed by atoms with Crippen molar-refractivity contribution in [2.45, 2.75) is 57.6 Å². The van der Waals surface area contributed by atoms with Crippen LogP contribution in [-0.4, -0.2) is 64.6 Å². The zero-order chi connectivity index (χ0) is 33.3. The Bertz CT molecular complexity index is 1570. The van der Waals surface area contributed by atoms with Crippen molar-refractivity contribution in [3.63, 3.8) is 0 Å². The molecule has 45 heavy (non-hydrogen) atoms. The molecule has 0 unspecified atom stereocenters. The number of methoxy groups -OCH3 is 2. The number of carbonyl (C=O) groups excluding carboxylic acids is 2. The lowest BCUT2D eigenvalue weighted by Gasteiger charge is -2.33. The van der Waals surface area contributed by atoms with Crippen molar-refractivity contribution in [2.75, 3.05) is 31.7 Å². The standard InChI is InChI=1S/C32H39Cl2N3O7S/c1-7-21(3)35-32(39)22(4)36(19-26-27(33)10-9-11-28(26)34)31(38)20-37(23-12-14-24(15-13-23)44-8-2)45(40,41)25-16-17-29(42-5)30(18-25)43-6/h9-18,21-22H,7-8,19-20H2,1-6H3,(H,35,39)/t21-,22+/m1/s1. The van der Waals surface area contributed by atoms with Gasteiger partial charge in [0.1, 0.15) is 18.3 Å². The Kier molecular flexibility index (Phi) is 12.8. The third-order valence-corrected chi connectivity index (χ3v) is 9.69. The maximum absolute atomic E-state index is 14.2. The first kappa shape index (κ1) is 35.8. The fourth-order valence-electron chi connectivity index (χ4n) is 4.41. The molecule has 10 nitrogen and oxygen atoms in total. The molecule has 0 radical (unpaired) electrons. The fourth-order valence-corrected chi connectivity index (χ4v) is 6.36. The molecule has 0 fully saturated rings. The second kappa shape index (κ2) is 16.1. The molecule has 0 aliphatic heterocycles. The normalized spacial score (nSPS) is 12.5. The van der Waals surface area contributed by atoms with Crippen molar-refractivity contribution >= 4 is 50.7 Å². The average Bonchev–Trinajstić information content (AvgIpc) is 3.03. The lowest BCUT2D eigenvalue weighted by Crippen LogP contribution is -2.52. The number of nitrogens with zero attached hydrogens (tertiary/aromatic N) is 2. The SMILES string of the molecule is CCOc1ccc(N(CC(=O)N(Cc2c(Cl)cccc2Cl)[C@@H](C)C(=O)N[C@H](C)CC)S(=O)(=O)c2ccc(OC)c(OC)c2)cc1. The highest BCUT2D eigenvalue weighted by molar-refractivity contribution is 7.92. The van der Waals surface area contributed by atoms with Gasteiger partial charge in [-0.3, -0.25) is 13.9 Å². The van der Waals surface area contributed by atoms with E-state index in [-0.39, 0.29) is 28.9 Å². The molecule has 3 rings (SSSR count). The van der Waals surface area contributed by atoms with Gasteiger partial charge >= 0.3 is 0 Å². The molecular formula is C32H39Cl2N3O7S. The van der Waals surface area contributed by atoms with Gasteiger partial charge < -0.3 is 24.4 Å². The molecule has 3 aromatic carbocycles. The van der Waals surface area contributed by atoms with Crippen LogP contribution in [0.2, 0.25) is 10.0 Å². The lowest BCUT2D eigenvalue weighted by molar-refractivity contribution is -0.139. The first-order valence-corrected chi connectivity index (χ1v) is 16.6. The Balaban J connectivity index is 2.12. The molecule has 0 saturated heterocycles. The van der Waals surface area contributed by atoms with Crippen LogP contribution in [0.5, 0.6) is 17.2 Å². The molecular weight excluding hydrogens is 641 g/mol. The Morgan fingerprint density at radius 2 is 1.53 bits per heavy atom. The molecule has 1 N–H and O–H groups in total. The number of sulfonamides is 1. The van der Waals surface area contributed by atoms with Crippen LogP contribution in [0.15, 0.2) is 65.6 Å². The Morgan fingerprint density at radius 1 is 0.911 bits per heavy atom. The number of anilines is 1. The third kappa shape index (κ3) is 8.74. The van der Waals surface area contributed by atoms with Crippen molar-refractivity contribution in [2.24, 2.45) is 0 Å². The summed E-state index contributed by atoms with van der Waals surface area (Å²) in [4.78, 5) is 28.6. The van der Waals surface area contributed by atoms with E-state index in [0.717, 1.165) is 4.31 Å². The van der Waals surface area contributed by atoms with Crippen LogP contribution in [0.25, 0.3) is 0 Å². The van der Waals surface area contributed by atoms with Gasteiger partial charge in [0.2, 0.25) is 11.8 Å². The molecule has 244 valence electrons. The first-order chi connectivity index (χ1) is 21.4. The van der Waals surface area contributed by atoms with E-state index in [1.54, 1.807) is 49.4 Å². The van der Waals surface area contributed by atoms with E-state index >= 15 is 0 Å². The summed E-state index contributed by atoms with van der Waals surface area (Å²) in [5.41, 5.74) is 0.627. The predicted octanol–water partition coefficient (Wildman–Crippen LogP) is 5.94. The quantitative estimate of drug-likeness (QED) is 0.212. The van der Waals surface area contributed by atoms with Gasteiger partial charge in [-0.05, 0) is 75.7 Å². The lowest BCUT2D eigenvalue weighted by atomic mass is 10.1. The van der Waals surface area contributed by atoms with Crippen molar-refractivity contribution in [3.8, 4) is 17.2 Å². The highest BCUT2D eigenvalue weighted by Crippen LogP contribution is 2.33. The van der Waals surface area contributed by atoms with Gasteiger partial charge in [0.15, 0.2) is 11.5 Å². The van der Waals surface area contributed by atoms with Crippen LogP contribution >= 0.6 is 23.2 Å². The maximum atomic E-state index is 14.2. The van der Waals surface area contributed by atoms with Gasteiger partial charge in [0, 0.05) is 34.3 Å². The van der Waals surface area contributed by atoms with Crippen LogP contribution < -0.4 is 23.8 Å². The Labute approximate surface area is 275 Å². The Morgan fingerprint density at radius 3 is 2.09 bits per heavy atom. The van der Waals surface area contributed by atoms with Crippen LogP contribution in [0.3, 0.4) is 0 Å². The van der Waals surface area contributed by atoms with Gasteiger partial charge in [-0.25, -0.2) is 8.42 Å². The first-order valence-electron chi connectivity index (χ1n) is 14.4. The van der Waals surface area contributed by atoms with Crippen molar-refractivity contribution in [3.05, 3.63) is 76.3 Å². The van der Waals surface area contributed by atoms with Crippen molar-refractivity contribution in [1.82, 2.24) is 10.2 Å². The highest BCUT2D eigenvalue weighted by Gasteiger charge is 2.34. The number of hydrogen-bond acceptors (Lipinski definition) is 7. The molecule has 0 aromatic heterocycles. The number of amides is 2. The Hall–Kier alpha value is -3.67. The number of nitrogens with one attached hydrogen (secondary N) is 1. The number of benzene rings is 3. The molecule has 0 heterocycles. The summed E-state index contributed by atoms with van der Waals surface area (Å²) in [7, 11) is -1.53. The summed E-state index contributed by atoms with van der Waals surface area (Å²) in [6.07, 6.45) is 0.678. The number of halogens is 2. The van der Waals surface area contributed by atoms with Crippen LogP contribution in [0.1, 0.15) is 39.7 Å². The van der Waals surface area contributed by atoms with Gasteiger partial charge in [-0.15, -0.1) is 0 Å². The zero-order valence-electron chi connectivity index (χ0n) is 26.2. The molecule has 0 spiro atoms. The van der Waals surface area contributed by atoms with Crippen molar-refractivity contribution in [1.29, 1.82) is 0 Å². The van der Waals surface area contributed by atoms with E-state index in [1.807, 2.05) is 20.8 Å². The van der Waals surface area contributed by atoms with Crippen LogP contribution in [0.4, 0.5) is 5.69 Å². The molecule has 13 heteroatoms. The molecule has 0 aliphatic rings. The minimum atomic E-state index is -4.37. The summed E-state index contributed by atoms with van der Waals surface area (Å²) in [5, 5.41) is 3.50. The number of hydrogen-bond donors (Lipinski definition) is 1. The van der Waals surface area contributed by atoms with Gasteiger partial charge in [0.05, 0.1) is 31.4 Å². The summed E-state index contributed by atoms with van der Waals surface area (Å²) >= 11 is 12.9. The average molecular weight is 681 g/mol. The molecule has 0 aliphatic carbocycles. The monoisotopic (exact) mass is 679 g/mol. The molecule has 2 atom stereocenters. The minimum Gasteiger partial charge on any atom is -0.494 e. The maximum Gasteiger partial charge on any atom is 0.264 e. The van der Waals surface area contributed by atoms with Crippen molar-refractivity contribution < 1.29 is 32.2 Å². The summed E-state index contributed by atoms with van der Waals surface area (Å²) < 4.78 is 45.6. The number of rotatable bonds is 15. The van der Waals surface area contributed by atoms with E-state index in [1.165, 1.54) is 37.3 Å². The minimum absolute atomic E-state index is 0.134. The number of ether oxygens (including phenoxy) is 3. The van der Waals surface area contributed by atoms with E-state index in [0.29, 0.717) is 40.1 Å². The van der Waals surface area contributed by atoms with E-state index in [2.05, 4.69) is 5.32 Å². The van der Waals surface area contributed by atoms with Crippen LogP contribution in [0, 0.1) is 0 Å². The van der Waals surface area contributed by atoms with E-state index in [4.69, 9.17) is 37.4 Å². The number of carbonyl (C=O) groups is 2. The van der Waals surface area contributed by atoms with E-state index in [9.17, 15) is 18.0 Å². The van der Waals surface area contributed by atoms with Gasteiger partial charge in [-0.2, -0.15) is 0 Å². The topological polar surface area (TPSA) is 114 Å². The molecule has 0 saturated carbocycles. The summed E-state index contributed by atoms with van der Waals surface area (Å²) in [6, 6.07) is 14.3. The van der Waals surface area contributed by atoms with Gasteiger partial charge in [-0.1, -0.05) is 36.2 Å². The van der Waals surface area contributed by atoms with Gasteiger partial charge in [0.25, 0.3) is 10.0 Å². The molecule has 0 bridgehead atoms. The third-order valence-electron chi connectivity index (χ3n) is 7.22. The fraction of sp³-hybridized carbons (Fsp3) is 0.375. The zero-order valence-corrected chi connectivity index (χ0v) is 28.5. The predicted molar refractivity (Wildman–Crippen MR) is 176 cm³/mol. The summed E-state index contributed by atoms with van der Waals surface area (Å²) in [5.74, 6) is -0.000663. The van der Waals surface area contributed by atoms with Crippen LogP contribution in [-0.2, 0) is 26.2 Å². The smallest absolute Gasteiger partial charge is 0.264 e.